The number of hydrogen-bond donors (Lipinski definition) is 2. The number of carbonyl (C=O) groups excluding carboxylic acids is 1. The monoisotopic (exact) mass is 330 g/mol. The van der Waals surface area contributed by atoms with Gasteiger partial charge in [-0.3, -0.25) is 4.79 Å². The lowest BCUT2D eigenvalue weighted by molar-refractivity contribution is 0.104. The molecule has 1 aromatic heterocycles. The molecule has 0 aliphatic carbocycles. The number of aromatic amines is 1. The Kier molecular flexibility index (Phi) is 4.16. The summed E-state index contributed by atoms with van der Waals surface area (Å²) in [5.41, 5.74) is 4.34. The predicted octanol–water partition coefficient (Wildman–Crippen LogP) is 4.59. The van der Waals surface area contributed by atoms with Gasteiger partial charge >= 0.3 is 0 Å². The van der Waals surface area contributed by atoms with Gasteiger partial charge in [-0.1, -0.05) is 18.2 Å². The lowest BCUT2D eigenvalue weighted by Gasteiger charge is -2.06. The van der Waals surface area contributed by atoms with Gasteiger partial charge in [0.2, 0.25) is 5.78 Å². The summed E-state index contributed by atoms with van der Waals surface area (Å²) >= 11 is 0. The van der Waals surface area contributed by atoms with Crippen LogP contribution in [0.25, 0.3) is 17.0 Å². The number of nitrogens with zero attached hydrogens (tertiary/aromatic N) is 1. The third-order valence-corrected chi connectivity index (χ3v) is 4.31. The number of allylic oxidation sites excluding steroid dienone is 1. The second-order valence-corrected chi connectivity index (χ2v) is 6.17. The molecule has 3 aromatic rings. The van der Waals surface area contributed by atoms with Crippen LogP contribution in [0.2, 0.25) is 0 Å². The zero-order valence-corrected chi connectivity index (χ0v) is 14.3. The van der Waals surface area contributed by atoms with E-state index in [0.29, 0.717) is 16.7 Å². The van der Waals surface area contributed by atoms with Crippen molar-refractivity contribution in [2.45, 2.75) is 20.8 Å². The lowest BCUT2D eigenvalue weighted by Crippen LogP contribution is -2.03. The zero-order valence-electron chi connectivity index (χ0n) is 14.3. The van der Waals surface area contributed by atoms with Crippen molar-refractivity contribution in [3.8, 4) is 11.8 Å². The van der Waals surface area contributed by atoms with Crippen molar-refractivity contribution < 1.29 is 9.90 Å². The number of nitriles is 1. The van der Waals surface area contributed by atoms with Gasteiger partial charge in [0.05, 0.1) is 5.56 Å². The van der Waals surface area contributed by atoms with Gasteiger partial charge in [0.15, 0.2) is 0 Å². The molecule has 0 saturated heterocycles. The molecule has 0 spiro atoms. The number of Topliss-reactive ketones (excluding diaryl/α,β-unsaturated/α-hetero) is 1. The molecule has 0 aliphatic heterocycles. The minimum absolute atomic E-state index is 0.0670. The number of aromatic nitrogens is 1. The minimum Gasteiger partial charge on any atom is -0.507 e. The fraction of sp³-hybridized carbons (Fsp3) is 0.143. The van der Waals surface area contributed by atoms with Crippen LogP contribution < -0.4 is 0 Å². The number of carbonyl (C=O) groups is 1. The van der Waals surface area contributed by atoms with Gasteiger partial charge in [0, 0.05) is 16.6 Å². The number of fused-ring (bicyclic) bond motifs is 1. The molecule has 4 nitrogen and oxygen atoms in total. The molecule has 0 amide bonds. The van der Waals surface area contributed by atoms with E-state index in [1.807, 2.05) is 37.3 Å². The first-order chi connectivity index (χ1) is 11.9. The molecule has 0 radical (unpaired) electrons. The van der Waals surface area contributed by atoms with E-state index < -0.39 is 0 Å². The Morgan fingerprint density at radius 1 is 1.16 bits per heavy atom. The number of phenolic OH excluding ortho intramolecular Hbond substituents is 1. The number of aryl methyl sites for hydroxylation is 3. The SMILES string of the molecule is Cc1cc(/C=C(\C#N)C(=O)c2c(C)[nH]c3ccccc23)cc(C)c1O. The van der Waals surface area contributed by atoms with Crippen LogP contribution in [0, 0.1) is 32.1 Å². The molecule has 124 valence electrons. The molecule has 4 heteroatoms. The van der Waals surface area contributed by atoms with E-state index in [-0.39, 0.29) is 17.1 Å². The number of phenols is 1. The normalized spacial score (nSPS) is 11.5. The van der Waals surface area contributed by atoms with Crippen molar-refractivity contribution in [2.24, 2.45) is 0 Å². The number of para-hydroxylation sites is 1. The molecule has 2 N–H and O–H groups in total. The zero-order chi connectivity index (χ0) is 18.1. The first kappa shape index (κ1) is 16.5. The van der Waals surface area contributed by atoms with Crippen LogP contribution in [0.4, 0.5) is 0 Å². The van der Waals surface area contributed by atoms with Gasteiger partial charge in [-0.15, -0.1) is 0 Å². The number of benzene rings is 2. The highest BCUT2D eigenvalue weighted by Crippen LogP contribution is 2.27. The quantitative estimate of drug-likeness (QED) is 0.419. The molecule has 3 rings (SSSR count). The topological polar surface area (TPSA) is 76.9 Å². The summed E-state index contributed by atoms with van der Waals surface area (Å²) in [6.07, 6.45) is 1.57. The fourth-order valence-electron chi connectivity index (χ4n) is 3.09. The van der Waals surface area contributed by atoms with Crippen molar-refractivity contribution in [3.05, 3.63) is 69.9 Å². The smallest absolute Gasteiger partial charge is 0.205 e. The average molecular weight is 330 g/mol. The van der Waals surface area contributed by atoms with Crippen LogP contribution in [-0.4, -0.2) is 15.9 Å². The van der Waals surface area contributed by atoms with Gasteiger partial charge in [0.1, 0.15) is 17.4 Å². The van der Waals surface area contributed by atoms with Crippen LogP contribution >= 0.6 is 0 Å². The first-order valence-electron chi connectivity index (χ1n) is 7.96. The Morgan fingerprint density at radius 3 is 2.44 bits per heavy atom. The molecule has 1 heterocycles. The van der Waals surface area contributed by atoms with Gasteiger partial charge < -0.3 is 10.1 Å². The molecule has 0 fully saturated rings. The number of nitrogens with one attached hydrogen (secondary N) is 1. The van der Waals surface area contributed by atoms with Crippen LogP contribution in [0.3, 0.4) is 0 Å². The summed E-state index contributed by atoms with van der Waals surface area (Å²) in [7, 11) is 0. The third-order valence-electron chi connectivity index (χ3n) is 4.31. The molecule has 0 aliphatic rings. The molecular formula is C21H18N2O2. The number of rotatable bonds is 3. The largest absolute Gasteiger partial charge is 0.507 e. The number of hydrogen-bond acceptors (Lipinski definition) is 3. The molecule has 25 heavy (non-hydrogen) atoms. The maximum Gasteiger partial charge on any atom is 0.205 e. The summed E-state index contributed by atoms with van der Waals surface area (Å²) in [5, 5.41) is 20.2. The Bertz CT molecular complexity index is 1040. The number of aromatic hydroxyl groups is 1. The summed E-state index contributed by atoms with van der Waals surface area (Å²) in [5.74, 6) is -0.0738. The van der Waals surface area contributed by atoms with E-state index >= 15 is 0 Å². The molecule has 2 aromatic carbocycles. The van der Waals surface area contributed by atoms with Gasteiger partial charge in [-0.2, -0.15) is 5.26 Å². The van der Waals surface area contributed by atoms with Gasteiger partial charge in [0.25, 0.3) is 0 Å². The molecule has 0 atom stereocenters. The second kappa shape index (κ2) is 6.29. The van der Waals surface area contributed by atoms with E-state index in [9.17, 15) is 15.2 Å². The third kappa shape index (κ3) is 2.92. The molecule has 0 unspecified atom stereocenters. The maximum atomic E-state index is 13.0. The van der Waals surface area contributed by atoms with Crippen molar-refractivity contribution in [3.63, 3.8) is 0 Å². The van der Waals surface area contributed by atoms with Crippen molar-refractivity contribution in [1.82, 2.24) is 4.98 Å². The van der Waals surface area contributed by atoms with Crippen LogP contribution in [0.15, 0.2) is 42.0 Å². The fourth-order valence-corrected chi connectivity index (χ4v) is 3.09. The maximum absolute atomic E-state index is 13.0. The Hall–Kier alpha value is -3.32. The summed E-state index contributed by atoms with van der Waals surface area (Å²) in [6.45, 7) is 5.41. The highest BCUT2D eigenvalue weighted by atomic mass is 16.3. The second-order valence-electron chi connectivity index (χ2n) is 6.17. The van der Waals surface area contributed by atoms with Crippen molar-refractivity contribution in [2.75, 3.05) is 0 Å². The highest BCUT2D eigenvalue weighted by molar-refractivity contribution is 6.20. The molecule has 0 bridgehead atoms. The summed E-state index contributed by atoms with van der Waals surface area (Å²) in [6, 6.07) is 13.1. The van der Waals surface area contributed by atoms with Crippen molar-refractivity contribution >= 4 is 22.8 Å². The van der Waals surface area contributed by atoms with E-state index in [1.165, 1.54) is 0 Å². The van der Waals surface area contributed by atoms with E-state index in [0.717, 1.165) is 22.2 Å². The summed E-state index contributed by atoms with van der Waals surface area (Å²) < 4.78 is 0. The van der Waals surface area contributed by atoms with E-state index in [4.69, 9.17) is 0 Å². The van der Waals surface area contributed by atoms with Gasteiger partial charge in [-0.25, -0.2) is 0 Å². The molecular weight excluding hydrogens is 312 g/mol. The van der Waals surface area contributed by atoms with Gasteiger partial charge in [-0.05, 0) is 61.7 Å². The Morgan fingerprint density at radius 2 is 1.80 bits per heavy atom. The van der Waals surface area contributed by atoms with Crippen LogP contribution in [0.5, 0.6) is 5.75 Å². The summed E-state index contributed by atoms with van der Waals surface area (Å²) in [4.78, 5) is 16.1. The molecule has 0 saturated carbocycles. The highest BCUT2D eigenvalue weighted by Gasteiger charge is 2.19. The average Bonchev–Trinajstić information content (AvgIpc) is 2.92. The van der Waals surface area contributed by atoms with Crippen LogP contribution in [-0.2, 0) is 0 Å². The predicted molar refractivity (Wildman–Crippen MR) is 98.5 cm³/mol. The van der Waals surface area contributed by atoms with E-state index in [1.54, 1.807) is 32.1 Å². The van der Waals surface area contributed by atoms with E-state index in [2.05, 4.69) is 4.98 Å². The number of H-pyrrole nitrogens is 1. The Labute approximate surface area is 146 Å². The van der Waals surface area contributed by atoms with Crippen LogP contribution in [0.1, 0.15) is 32.7 Å². The first-order valence-corrected chi connectivity index (χ1v) is 7.96. The number of ketones is 1. The standard InChI is InChI=1S/C21H18N2O2/c1-12-8-15(9-13(2)20(12)24)10-16(11-22)21(25)19-14(3)23-18-7-5-4-6-17(18)19/h4-10,23-24H,1-3H3/b16-10+. The minimum atomic E-state index is -0.305. The Balaban J connectivity index is 2.11. The lowest BCUT2D eigenvalue weighted by atomic mass is 9.98. The van der Waals surface area contributed by atoms with Crippen molar-refractivity contribution in [1.29, 1.82) is 5.26 Å².